The average molecular weight is 474 g/mol. The number of aliphatic hydroxyl groups is 2. The van der Waals surface area contributed by atoms with Crippen LogP contribution in [0, 0.1) is 0 Å². The fourth-order valence-corrected chi connectivity index (χ4v) is 2.48. The highest BCUT2D eigenvalue weighted by molar-refractivity contribution is 5.65. The largest absolute Gasteiger partial charge is 0.494 e. The molecule has 33 heavy (non-hydrogen) atoms. The van der Waals surface area contributed by atoms with Gasteiger partial charge in [0.25, 0.3) is 0 Å². The molecule has 0 amide bonds. The molecule has 6 nitrogen and oxygen atoms in total. The van der Waals surface area contributed by atoms with Crippen molar-refractivity contribution in [1.29, 1.82) is 0 Å². The molecule has 0 saturated carbocycles. The van der Waals surface area contributed by atoms with Crippen molar-refractivity contribution in [2.24, 2.45) is 4.99 Å². The normalized spacial score (nSPS) is 15.0. The van der Waals surface area contributed by atoms with Gasteiger partial charge in [-0.25, -0.2) is 0 Å². The smallest absolute Gasteiger partial charge is 0.415 e. The summed E-state index contributed by atoms with van der Waals surface area (Å²) in [5, 5.41) is 21.4. The maximum Gasteiger partial charge on any atom is 0.415 e. The molecule has 0 fully saturated rings. The third-order valence-electron chi connectivity index (χ3n) is 4.54. The Morgan fingerprint density at radius 1 is 1.24 bits per heavy atom. The van der Waals surface area contributed by atoms with Gasteiger partial charge in [0.15, 0.2) is 6.29 Å². The summed E-state index contributed by atoms with van der Waals surface area (Å²) in [7, 11) is 1.77. The predicted octanol–water partition coefficient (Wildman–Crippen LogP) is 4.46. The van der Waals surface area contributed by atoms with Gasteiger partial charge < -0.3 is 25.2 Å². The van der Waals surface area contributed by atoms with E-state index in [1.54, 1.807) is 37.4 Å². The molecule has 0 heterocycles. The van der Waals surface area contributed by atoms with Gasteiger partial charge in [-0.2, -0.15) is 13.2 Å². The zero-order valence-corrected chi connectivity index (χ0v) is 19.8. The number of likely N-dealkylation sites (N-methyl/N-ethyl adjacent to an activating group) is 1. The number of aliphatic hydroxyl groups excluding tert-OH is 1. The van der Waals surface area contributed by atoms with Crippen LogP contribution in [0.15, 0.2) is 66.2 Å². The molecule has 2 unspecified atom stereocenters. The minimum atomic E-state index is -4.43. The zero-order valence-electron chi connectivity index (χ0n) is 19.8. The molecule has 0 aromatic heterocycles. The van der Waals surface area contributed by atoms with Crippen LogP contribution in [0.5, 0.6) is 0 Å². The number of hydrogen-bond donors (Lipinski definition) is 3. The van der Waals surface area contributed by atoms with Gasteiger partial charge in [0.1, 0.15) is 5.76 Å². The molecule has 0 aromatic carbocycles. The van der Waals surface area contributed by atoms with Crippen molar-refractivity contribution in [2.75, 3.05) is 20.2 Å². The topological polar surface area (TPSA) is 77.3 Å². The number of allylic oxidation sites excluding steroid dienone is 4. The quantitative estimate of drug-likeness (QED) is 0.0956. The fourth-order valence-electron chi connectivity index (χ4n) is 2.48. The van der Waals surface area contributed by atoms with Crippen molar-refractivity contribution in [3.63, 3.8) is 0 Å². The van der Waals surface area contributed by atoms with E-state index in [0.717, 1.165) is 25.3 Å². The molecule has 3 N–H and O–H groups in total. The number of alkyl halides is 3. The molecular weight excluding hydrogens is 435 g/mol. The van der Waals surface area contributed by atoms with Gasteiger partial charge in [0, 0.05) is 49.7 Å². The monoisotopic (exact) mass is 473 g/mol. The molecular formula is C24H38F3N3O3. The molecule has 0 bridgehead atoms. The Morgan fingerprint density at radius 2 is 1.94 bits per heavy atom. The minimum Gasteiger partial charge on any atom is -0.494 e. The first-order valence-electron chi connectivity index (χ1n) is 10.9. The number of nitrogens with zero attached hydrogens (tertiary/aromatic N) is 2. The molecule has 9 heteroatoms. The van der Waals surface area contributed by atoms with Gasteiger partial charge in [0.2, 0.25) is 0 Å². The van der Waals surface area contributed by atoms with E-state index in [-0.39, 0.29) is 18.5 Å². The highest BCUT2D eigenvalue weighted by Crippen LogP contribution is 2.25. The maximum atomic E-state index is 12.5. The Kier molecular flexibility index (Phi) is 15.9. The van der Waals surface area contributed by atoms with Crippen molar-refractivity contribution >= 4 is 6.21 Å². The van der Waals surface area contributed by atoms with E-state index in [1.807, 2.05) is 13.0 Å². The Bertz CT molecular complexity index is 686. The number of hydrogen-bond acceptors (Lipinski definition) is 6. The molecule has 0 aliphatic heterocycles. The molecule has 0 aromatic rings. The molecule has 0 saturated heterocycles. The molecule has 2 atom stereocenters. The highest BCUT2D eigenvalue weighted by atomic mass is 19.4. The number of halogens is 3. The molecule has 0 aliphatic carbocycles. The Hall–Kier alpha value is -2.36. The number of nitrogens with one attached hydrogen (secondary N) is 1. The highest BCUT2D eigenvalue weighted by Gasteiger charge is 2.29. The van der Waals surface area contributed by atoms with Gasteiger partial charge in [-0.1, -0.05) is 32.2 Å². The summed E-state index contributed by atoms with van der Waals surface area (Å²) in [6, 6.07) is -0.522. The van der Waals surface area contributed by atoms with Crippen molar-refractivity contribution in [2.45, 2.75) is 64.1 Å². The summed E-state index contributed by atoms with van der Waals surface area (Å²) in [4.78, 5) is 5.69. The first-order chi connectivity index (χ1) is 15.5. The first kappa shape index (κ1) is 30.6. The van der Waals surface area contributed by atoms with Crippen molar-refractivity contribution < 1.29 is 28.1 Å². The summed E-state index contributed by atoms with van der Waals surface area (Å²) < 4.78 is 43.4. The Morgan fingerprint density at radius 3 is 2.52 bits per heavy atom. The van der Waals surface area contributed by atoms with E-state index in [9.17, 15) is 13.2 Å². The van der Waals surface area contributed by atoms with Crippen molar-refractivity contribution in [3.8, 4) is 0 Å². The van der Waals surface area contributed by atoms with E-state index in [0.29, 0.717) is 18.9 Å². The van der Waals surface area contributed by atoms with E-state index in [2.05, 4.69) is 23.5 Å². The summed E-state index contributed by atoms with van der Waals surface area (Å²) in [5.41, 5.74) is -0.886. The SMILES string of the molecule is C=C/N=C\C(CC(O)O)NCCCCOC(/C=C/N(C)C(C)/C=C\C(=C)C(F)(F)F)=C/CC. The Labute approximate surface area is 195 Å². The lowest BCUT2D eigenvalue weighted by atomic mass is 10.2. The summed E-state index contributed by atoms with van der Waals surface area (Å²) in [5.74, 6) is 0.688. The van der Waals surface area contributed by atoms with Crippen LogP contribution < -0.4 is 5.32 Å². The second-order valence-corrected chi connectivity index (χ2v) is 7.43. The molecule has 0 rings (SSSR count). The summed E-state index contributed by atoms with van der Waals surface area (Å²) in [6.07, 6.45) is 7.53. The third kappa shape index (κ3) is 16.0. The van der Waals surface area contributed by atoms with Crippen LogP contribution in [0.4, 0.5) is 13.2 Å². The summed E-state index contributed by atoms with van der Waals surface area (Å²) >= 11 is 0. The van der Waals surface area contributed by atoms with E-state index < -0.39 is 18.0 Å². The molecule has 0 radical (unpaired) electrons. The van der Waals surface area contributed by atoms with E-state index in [1.165, 1.54) is 12.3 Å². The van der Waals surface area contributed by atoms with E-state index in [4.69, 9.17) is 14.9 Å². The Balaban J connectivity index is 4.50. The number of unbranched alkanes of at least 4 members (excludes halogenated alkanes) is 1. The van der Waals surface area contributed by atoms with Crippen LogP contribution in [0.25, 0.3) is 0 Å². The zero-order chi connectivity index (χ0) is 25.3. The average Bonchev–Trinajstić information content (AvgIpc) is 2.74. The van der Waals surface area contributed by atoms with Gasteiger partial charge in [-0.3, -0.25) is 4.99 Å². The van der Waals surface area contributed by atoms with Gasteiger partial charge in [-0.15, -0.1) is 0 Å². The van der Waals surface area contributed by atoms with Crippen molar-refractivity contribution in [1.82, 2.24) is 10.2 Å². The number of aliphatic imine (C=N–C) groups is 1. The summed E-state index contributed by atoms with van der Waals surface area (Å²) in [6.45, 7) is 11.4. The molecule has 0 aliphatic rings. The maximum absolute atomic E-state index is 12.5. The molecule has 0 spiro atoms. The van der Waals surface area contributed by atoms with Crippen LogP contribution in [0.2, 0.25) is 0 Å². The fraction of sp³-hybridized carbons (Fsp3) is 0.542. The predicted molar refractivity (Wildman–Crippen MR) is 128 cm³/mol. The van der Waals surface area contributed by atoms with Crippen LogP contribution in [-0.4, -0.2) is 66.1 Å². The lowest BCUT2D eigenvalue weighted by Crippen LogP contribution is -2.34. The van der Waals surface area contributed by atoms with E-state index >= 15 is 0 Å². The van der Waals surface area contributed by atoms with Crippen LogP contribution in [0.1, 0.15) is 39.5 Å². The second kappa shape index (κ2) is 17.2. The second-order valence-electron chi connectivity index (χ2n) is 7.43. The minimum absolute atomic E-state index is 0.132. The third-order valence-corrected chi connectivity index (χ3v) is 4.54. The van der Waals surface area contributed by atoms with Crippen LogP contribution >= 0.6 is 0 Å². The van der Waals surface area contributed by atoms with Crippen LogP contribution in [0.3, 0.4) is 0 Å². The lowest BCUT2D eigenvalue weighted by Gasteiger charge is -2.20. The van der Waals surface area contributed by atoms with Gasteiger partial charge in [-0.05, 0) is 44.9 Å². The standard InChI is InChI=1S/C24H38F3N3O3/c1-6-10-22(13-15-30(5)20(4)12-11-19(3)24(25,26)27)33-16-9-8-14-29-21(17-23(31)32)18-28-7-2/h7,10-13,15,18,20-21,23,29,31-32H,2-3,6,8-9,14,16-17H2,1,4-5H3/b12-11-,15-13+,22-10+,28-18-. The lowest BCUT2D eigenvalue weighted by molar-refractivity contribution is -0.0878. The van der Waals surface area contributed by atoms with Crippen LogP contribution in [-0.2, 0) is 4.74 Å². The number of rotatable bonds is 17. The van der Waals surface area contributed by atoms with Crippen molar-refractivity contribution in [3.05, 3.63) is 61.2 Å². The van der Waals surface area contributed by atoms with Gasteiger partial charge in [0.05, 0.1) is 6.61 Å². The van der Waals surface area contributed by atoms with Gasteiger partial charge >= 0.3 is 6.18 Å². The first-order valence-corrected chi connectivity index (χ1v) is 10.9. The molecule has 188 valence electrons. The number of ether oxygens (including phenoxy) is 1.